The van der Waals surface area contributed by atoms with E-state index in [9.17, 15) is 9.90 Å². The van der Waals surface area contributed by atoms with Gasteiger partial charge in [0.15, 0.2) is 0 Å². The van der Waals surface area contributed by atoms with Crippen molar-refractivity contribution >= 4 is 5.91 Å². The summed E-state index contributed by atoms with van der Waals surface area (Å²) in [7, 11) is 0. The molecule has 5 heteroatoms. The summed E-state index contributed by atoms with van der Waals surface area (Å²) in [5.74, 6) is 0.725. The number of aliphatic hydroxyl groups is 1. The predicted octanol–water partition coefficient (Wildman–Crippen LogP) is 1.70. The maximum Gasteiger partial charge on any atom is 0.236 e. The number of amides is 1. The Hall–Kier alpha value is -1.43. The number of aliphatic hydroxyl groups excluding tert-OH is 1. The van der Waals surface area contributed by atoms with Crippen LogP contribution in [0, 0.1) is 5.92 Å². The van der Waals surface area contributed by atoms with Crippen LogP contribution < -0.4 is 0 Å². The molecule has 0 spiro atoms. The van der Waals surface area contributed by atoms with E-state index in [1.807, 2.05) is 0 Å². The zero-order valence-electron chi connectivity index (χ0n) is 15.6. The standard InChI is InChI=1S/C21H31N3O2/c25-16-17-4-3-9-24(12-17)20-7-10-23(11-8-20)21(26)15-22-13-18-5-1-2-6-19(18)14-22/h1-2,5-6,17,20,25H,3-4,7-16H2. The van der Waals surface area contributed by atoms with Gasteiger partial charge in [0, 0.05) is 45.4 Å². The summed E-state index contributed by atoms with van der Waals surface area (Å²) in [6.07, 6.45) is 4.50. The molecule has 142 valence electrons. The van der Waals surface area contributed by atoms with Crippen molar-refractivity contribution in [3.05, 3.63) is 35.4 Å². The van der Waals surface area contributed by atoms with Crippen LogP contribution in [0.4, 0.5) is 0 Å². The Bertz CT molecular complexity index is 602. The first kappa shape index (κ1) is 18.0. The molecule has 0 aliphatic carbocycles. The van der Waals surface area contributed by atoms with Crippen molar-refractivity contribution in [2.75, 3.05) is 39.3 Å². The third kappa shape index (κ3) is 3.95. The fourth-order valence-electron chi connectivity index (χ4n) is 4.87. The predicted molar refractivity (Wildman–Crippen MR) is 102 cm³/mol. The smallest absolute Gasteiger partial charge is 0.236 e. The van der Waals surface area contributed by atoms with E-state index in [-0.39, 0.29) is 5.91 Å². The lowest BCUT2D eigenvalue weighted by Gasteiger charge is -2.42. The Morgan fingerprint density at radius 2 is 1.73 bits per heavy atom. The highest BCUT2D eigenvalue weighted by molar-refractivity contribution is 5.78. The van der Waals surface area contributed by atoms with Gasteiger partial charge in [-0.25, -0.2) is 0 Å². The number of carbonyl (C=O) groups is 1. The molecule has 0 saturated carbocycles. The number of likely N-dealkylation sites (tertiary alicyclic amines) is 2. The molecule has 0 bridgehead atoms. The molecule has 3 aliphatic heterocycles. The zero-order valence-corrected chi connectivity index (χ0v) is 15.6. The van der Waals surface area contributed by atoms with Crippen LogP contribution in [-0.4, -0.2) is 71.1 Å². The fraction of sp³-hybridized carbons (Fsp3) is 0.667. The van der Waals surface area contributed by atoms with Gasteiger partial charge in [-0.1, -0.05) is 24.3 Å². The van der Waals surface area contributed by atoms with E-state index in [0.29, 0.717) is 25.1 Å². The van der Waals surface area contributed by atoms with Crippen LogP contribution >= 0.6 is 0 Å². The lowest BCUT2D eigenvalue weighted by atomic mass is 9.94. The highest BCUT2D eigenvalue weighted by Crippen LogP contribution is 2.25. The summed E-state index contributed by atoms with van der Waals surface area (Å²) in [5, 5.41) is 9.44. The highest BCUT2D eigenvalue weighted by atomic mass is 16.3. The molecule has 1 aromatic carbocycles. The molecular formula is C21H31N3O2. The van der Waals surface area contributed by atoms with Crippen LogP contribution in [0.2, 0.25) is 0 Å². The second kappa shape index (κ2) is 8.07. The molecule has 0 aromatic heterocycles. The zero-order chi connectivity index (χ0) is 17.9. The number of fused-ring (bicyclic) bond motifs is 1. The van der Waals surface area contributed by atoms with Gasteiger partial charge in [-0.2, -0.15) is 0 Å². The van der Waals surface area contributed by atoms with Gasteiger partial charge < -0.3 is 10.0 Å². The van der Waals surface area contributed by atoms with Gasteiger partial charge in [0.2, 0.25) is 5.91 Å². The van der Waals surface area contributed by atoms with Crippen molar-refractivity contribution in [1.82, 2.24) is 14.7 Å². The van der Waals surface area contributed by atoms with Crippen LogP contribution in [0.15, 0.2) is 24.3 Å². The summed E-state index contributed by atoms with van der Waals surface area (Å²) in [6, 6.07) is 9.09. The summed E-state index contributed by atoms with van der Waals surface area (Å²) in [5.41, 5.74) is 2.73. The minimum Gasteiger partial charge on any atom is -0.396 e. The number of hydrogen-bond donors (Lipinski definition) is 1. The fourth-order valence-corrected chi connectivity index (χ4v) is 4.87. The molecule has 1 amide bonds. The quantitative estimate of drug-likeness (QED) is 0.891. The van der Waals surface area contributed by atoms with Crippen LogP contribution in [0.3, 0.4) is 0 Å². The molecule has 5 nitrogen and oxygen atoms in total. The molecule has 2 saturated heterocycles. The van der Waals surface area contributed by atoms with E-state index in [2.05, 4.69) is 39.0 Å². The van der Waals surface area contributed by atoms with E-state index in [0.717, 1.165) is 58.5 Å². The maximum atomic E-state index is 12.7. The number of nitrogens with zero attached hydrogens (tertiary/aromatic N) is 3. The van der Waals surface area contributed by atoms with Gasteiger partial charge in [0.05, 0.1) is 6.54 Å². The second-order valence-corrected chi connectivity index (χ2v) is 8.21. The van der Waals surface area contributed by atoms with Gasteiger partial charge >= 0.3 is 0 Å². The van der Waals surface area contributed by atoms with E-state index in [4.69, 9.17) is 0 Å². The van der Waals surface area contributed by atoms with Crippen LogP contribution in [0.1, 0.15) is 36.8 Å². The topological polar surface area (TPSA) is 47.0 Å². The summed E-state index contributed by atoms with van der Waals surface area (Å²) >= 11 is 0. The maximum absolute atomic E-state index is 12.7. The molecule has 0 radical (unpaired) electrons. The summed E-state index contributed by atoms with van der Waals surface area (Å²) in [4.78, 5) is 19.6. The van der Waals surface area contributed by atoms with Gasteiger partial charge in [-0.15, -0.1) is 0 Å². The van der Waals surface area contributed by atoms with E-state index in [1.54, 1.807) is 0 Å². The summed E-state index contributed by atoms with van der Waals surface area (Å²) in [6.45, 7) is 6.59. The summed E-state index contributed by atoms with van der Waals surface area (Å²) < 4.78 is 0. The Kier molecular flexibility index (Phi) is 5.57. The number of rotatable bonds is 4. The van der Waals surface area contributed by atoms with Crippen molar-refractivity contribution in [2.24, 2.45) is 5.92 Å². The Morgan fingerprint density at radius 3 is 2.38 bits per heavy atom. The van der Waals surface area contributed by atoms with Gasteiger partial charge in [0.25, 0.3) is 0 Å². The van der Waals surface area contributed by atoms with Crippen molar-refractivity contribution in [1.29, 1.82) is 0 Å². The molecule has 2 fully saturated rings. The van der Waals surface area contributed by atoms with Crippen LogP contribution in [0.5, 0.6) is 0 Å². The van der Waals surface area contributed by atoms with Crippen LogP contribution in [-0.2, 0) is 17.9 Å². The average Bonchev–Trinajstić information content (AvgIpc) is 3.10. The van der Waals surface area contributed by atoms with Crippen LogP contribution in [0.25, 0.3) is 0 Å². The Balaban J connectivity index is 1.24. The van der Waals surface area contributed by atoms with Crippen molar-refractivity contribution in [3.8, 4) is 0 Å². The third-order valence-electron chi connectivity index (χ3n) is 6.41. The molecule has 1 aromatic rings. The largest absolute Gasteiger partial charge is 0.396 e. The first-order chi connectivity index (χ1) is 12.7. The Labute approximate surface area is 156 Å². The number of benzene rings is 1. The molecule has 3 aliphatic rings. The SMILES string of the molecule is O=C(CN1Cc2ccccc2C1)N1CCC(N2CCCC(CO)C2)CC1. The first-order valence-electron chi connectivity index (χ1n) is 10.1. The van der Waals surface area contributed by atoms with Crippen molar-refractivity contribution < 1.29 is 9.90 Å². The monoisotopic (exact) mass is 357 g/mol. The molecule has 1 N–H and O–H groups in total. The molecular weight excluding hydrogens is 326 g/mol. The molecule has 3 heterocycles. The second-order valence-electron chi connectivity index (χ2n) is 8.21. The number of hydrogen-bond acceptors (Lipinski definition) is 4. The van der Waals surface area contributed by atoms with Gasteiger partial charge in [-0.05, 0) is 49.3 Å². The number of piperidine rings is 2. The molecule has 4 rings (SSSR count). The van der Waals surface area contributed by atoms with E-state index in [1.165, 1.54) is 17.5 Å². The first-order valence-corrected chi connectivity index (χ1v) is 10.1. The lowest BCUT2D eigenvalue weighted by molar-refractivity contribution is -0.134. The molecule has 1 atom stereocenters. The minimum atomic E-state index is 0.281. The number of carbonyl (C=O) groups excluding carboxylic acids is 1. The van der Waals surface area contributed by atoms with Crippen molar-refractivity contribution in [3.63, 3.8) is 0 Å². The lowest BCUT2D eigenvalue weighted by Crippen LogP contribution is -2.51. The molecule has 1 unspecified atom stereocenters. The Morgan fingerprint density at radius 1 is 1.04 bits per heavy atom. The van der Waals surface area contributed by atoms with Gasteiger partial charge in [-0.3, -0.25) is 14.6 Å². The van der Waals surface area contributed by atoms with E-state index < -0.39 is 0 Å². The average molecular weight is 357 g/mol. The van der Waals surface area contributed by atoms with E-state index >= 15 is 0 Å². The normalized spacial score (nSPS) is 25.4. The molecule has 26 heavy (non-hydrogen) atoms. The third-order valence-corrected chi connectivity index (χ3v) is 6.41. The van der Waals surface area contributed by atoms with Crippen molar-refractivity contribution in [2.45, 2.75) is 44.8 Å². The van der Waals surface area contributed by atoms with Gasteiger partial charge in [0.1, 0.15) is 0 Å². The minimum absolute atomic E-state index is 0.281. The highest BCUT2D eigenvalue weighted by Gasteiger charge is 2.31.